The molecular weight excluding hydrogens is 647 g/mol. The van der Waals surface area contributed by atoms with Crippen molar-refractivity contribution in [2.45, 2.75) is 71.6 Å². The Kier molecular flexibility index (Phi) is 11.7. The third-order valence-corrected chi connectivity index (χ3v) is 8.23. The number of methoxy groups -OCH3 is 1. The molecule has 1 fully saturated rings. The Labute approximate surface area is 280 Å². The maximum Gasteiger partial charge on any atom is 0.417 e. The van der Waals surface area contributed by atoms with Gasteiger partial charge in [-0.2, -0.15) is 13.2 Å². The fourth-order valence-electron chi connectivity index (χ4n) is 5.87. The second-order valence-corrected chi connectivity index (χ2v) is 12.5. The van der Waals surface area contributed by atoms with E-state index in [1.807, 2.05) is 13.8 Å². The third kappa shape index (κ3) is 9.15. The Hall–Kier alpha value is -4.95. The van der Waals surface area contributed by atoms with Crippen LogP contribution in [0.25, 0.3) is 10.9 Å². The van der Waals surface area contributed by atoms with Crippen LogP contribution in [-0.2, 0) is 25.3 Å². The van der Waals surface area contributed by atoms with Crippen LogP contribution >= 0.6 is 0 Å². The molecule has 2 aromatic heterocycles. The second kappa shape index (κ2) is 15.5. The van der Waals surface area contributed by atoms with E-state index in [4.69, 9.17) is 9.47 Å². The van der Waals surface area contributed by atoms with Crippen LogP contribution in [0.5, 0.6) is 5.75 Å². The molecule has 3 heterocycles. The number of ether oxygens (including phenoxy) is 2. The lowest BCUT2D eigenvalue weighted by atomic mass is 9.90. The van der Waals surface area contributed by atoms with Crippen molar-refractivity contribution in [3.05, 3.63) is 58.5 Å². The maximum absolute atomic E-state index is 13.8. The summed E-state index contributed by atoms with van der Waals surface area (Å²) in [6.07, 6.45) is -3.82. The summed E-state index contributed by atoms with van der Waals surface area (Å²) >= 11 is 0. The molecule has 4 rings (SSSR count). The number of benzene rings is 1. The number of nitrogens with zero attached hydrogens (tertiary/aromatic N) is 1. The summed E-state index contributed by atoms with van der Waals surface area (Å²) in [7, 11) is 1.50. The Morgan fingerprint density at radius 1 is 1.08 bits per heavy atom. The number of Topliss-reactive ketones (excluding diaryl/α,β-unsaturated/α-hetero) is 1. The molecule has 0 aliphatic carbocycles. The van der Waals surface area contributed by atoms with Crippen LogP contribution in [0.1, 0.15) is 77.3 Å². The van der Waals surface area contributed by atoms with E-state index in [1.54, 1.807) is 24.3 Å². The van der Waals surface area contributed by atoms with Crippen LogP contribution in [-0.4, -0.2) is 71.8 Å². The highest BCUT2D eigenvalue weighted by molar-refractivity contribution is 6.02. The summed E-state index contributed by atoms with van der Waals surface area (Å²) in [5.74, 6) is -4.10. The third-order valence-electron chi connectivity index (χ3n) is 8.23. The van der Waals surface area contributed by atoms with Gasteiger partial charge in [0.2, 0.25) is 11.8 Å². The molecule has 49 heavy (non-hydrogen) atoms. The summed E-state index contributed by atoms with van der Waals surface area (Å²) in [5, 5.41) is 8.69. The van der Waals surface area contributed by atoms with E-state index in [1.165, 1.54) is 21.0 Å². The first-order valence-electron chi connectivity index (χ1n) is 15.9. The lowest BCUT2D eigenvalue weighted by Gasteiger charge is -2.28. The van der Waals surface area contributed by atoms with Gasteiger partial charge in [-0.15, -0.1) is 0 Å². The molecule has 4 N–H and O–H groups in total. The number of aromatic nitrogens is 2. The number of rotatable bonds is 13. The molecule has 15 heteroatoms. The van der Waals surface area contributed by atoms with E-state index in [-0.39, 0.29) is 41.7 Å². The molecule has 12 nitrogen and oxygen atoms in total. The maximum atomic E-state index is 13.8. The summed E-state index contributed by atoms with van der Waals surface area (Å²) < 4.78 is 51.7. The average molecular weight is 688 g/mol. The zero-order valence-corrected chi connectivity index (χ0v) is 27.9. The number of fused-ring (bicyclic) bond motifs is 1. The number of nitrogens with one attached hydrogen (secondary N) is 4. The number of carbonyl (C=O) groups is 5. The van der Waals surface area contributed by atoms with E-state index < -0.39 is 65.5 Å². The number of H-pyrrole nitrogens is 1. The lowest BCUT2D eigenvalue weighted by molar-refractivity contribution is -0.138. The summed E-state index contributed by atoms with van der Waals surface area (Å²) in [5.41, 5.74) is -1.46. The monoisotopic (exact) mass is 687 g/mol. The number of ketones is 1. The standard InChI is InChI=1S/C34H40F3N5O7/c1-17(2)12-25(42-32(46)26-15-21-23(40-26)9-6-10-28(21)48-5)31(45)41-24(14-20-8-7-11-38-30(20)44)27(43)16-49-33(47)29-19(4)39-18(3)13-22(29)34(35,36)37/h6,9-10,13,15,17,20,24-25,40H,7-8,11-12,14,16H2,1-5H3,(H,38,44)(H,41,45)(H,42,46)/t20-,24-,25-/m0/s1. The molecule has 0 spiro atoms. The predicted octanol–water partition coefficient (Wildman–Crippen LogP) is 4.18. The average Bonchev–Trinajstić information content (AvgIpc) is 3.48. The van der Waals surface area contributed by atoms with Gasteiger partial charge in [0.1, 0.15) is 17.5 Å². The second-order valence-electron chi connectivity index (χ2n) is 12.5. The topological polar surface area (TPSA) is 169 Å². The largest absolute Gasteiger partial charge is 0.496 e. The van der Waals surface area contributed by atoms with Gasteiger partial charge in [0.05, 0.1) is 30.0 Å². The van der Waals surface area contributed by atoms with Crippen molar-refractivity contribution in [3.8, 4) is 5.75 Å². The molecule has 0 saturated carbocycles. The van der Waals surface area contributed by atoms with Crippen LogP contribution < -0.4 is 20.7 Å². The Balaban J connectivity index is 1.54. The van der Waals surface area contributed by atoms with Crippen LogP contribution in [0.2, 0.25) is 0 Å². The minimum Gasteiger partial charge on any atom is -0.496 e. The Morgan fingerprint density at radius 3 is 2.47 bits per heavy atom. The van der Waals surface area contributed by atoms with Crippen molar-refractivity contribution in [1.82, 2.24) is 25.9 Å². The number of halogens is 3. The molecule has 264 valence electrons. The van der Waals surface area contributed by atoms with Crippen LogP contribution in [0, 0.1) is 25.7 Å². The fourth-order valence-corrected chi connectivity index (χ4v) is 5.87. The van der Waals surface area contributed by atoms with Gasteiger partial charge in [0.15, 0.2) is 12.4 Å². The molecule has 3 aromatic rings. The van der Waals surface area contributed by atoms with E-state index in [2.05, 4.69) is 25.9 Å². The smallest absolute Gasteiger partial charge is 0.417 e. The minimum atomic E-state index is -4.89. The quantitative estimate of drug-likeness (QED) is 0.194. The number of alkyl halides is 3. The predicted molar refractivity (Wildman–Crippen MR) is 172 cm³/mol. The Morgan fingerprint density at radius 2 is 1.82 bits per heavy atom. The fraction of sp³-hybridized carbons (Fsp3) is 0.471. The van der Waals surface area contributed by atoms with Gasteiger partial charge < -0.3 is 30.4 Å². The number of piperidine rings is 1. The first-order chi connectivity index (χ1) is 23.1. The number of esters is 1. The van der Waals surface area contributed by atoms with Crippen LogP contribution in [0.4, 0.5) is 13.2 Å². The van der Waals surface area contributed by atoms with Crippen molar-refractivity contribution < 1.29 is 46.6 Å². The summed E-state index contributed by atoms with van der Waals surface area (Å²) in [6.45, 7) is 5.71. The molecule has 3 atom stereocenters. The molecule has 1 aromatic carbocycles. The SMILES string of the molecule is COc1cccc2[nH]c(C(=O)N[C@@H](CC(C)C)C(=O)N[C@@H](C[C@@H]3CCCNC3=O)C(=O)COC(=O)c3c(C(F)(F)F)cc(C)nc3C)cc12. The van der Waals surface area contributed by atoms with Crippen LogP contribution in [0.3, 0.4) is 0 Å². The molecule has 1 saturated heterocycles. The zero-order valence-electron chi connectivity index (χ0n) is 27.9. The zero-order chi connectivity index (χ0) is 36.0. The van der Waals surface area contributed by atoms with Crippen molar-refractivity contribution >= 4 is 40.4 Å². The summed E-state index contributed by atoms with van der Waals surface area (Å²) in [6, 6.07) is 5.08. The van der Waals surface area contributed by atoms with Gasteiger partial charge in [-0.1, -0.05) is 19.9 Å². The molecule has 1 aliphatic rings. The number of amides is 3. The van der Waals surface area contributed by atoms with E-state index in [0.29, 0.717) is 42.1 Å². The number of hydrogen-bond donors (Lipinski definition) is 4. The van der Waals surface area contributed by atoms with Gasteiger partial charge >= 0.3 is 12.1 Å². The highest BCUT2D eigenvalue weighted by Crippen LogP contribution is 2.34. The highest BCUT2D eigenvalue weighted by Gasteiger charge is 2.38. The van der Waals surface area contributed by atoms with Crippen LogP contribution in [0.15, 0.2) is 30.3 Å². The van der Waals surface area contributed by atoms with Crippen molar-refractivity contribution in [2.75, 3.05) is 20.3 Å². The molecule has 0 radical (unpaired) electrons. The summed E-state index contributed by atoms with van der Waals surface area (Å²) in [4.78, 5) is 72.9. The van der Waals surface area contributed by atoms with E-state index >= 15 is 0 Å². The van der Waals surface area contributed by atoms with Gasteiger partial charge in [-0.25, -0.2) is 4.79 Å². The number of aromatic amines is 1. The number of pyridine rings is 1. The molecule has 1 aliphatic heterocycles. The molecule has 0 bridgehead atoms. The Bertz CT molecular complexity index is 1740. The van der Waals surface area contributed by atoms with Crippen molar-refractivity contribution in [1.29, 1.82) is 0 Å². The first-order valence-corrected chi connectivity index (χ1v) is 15.9. The number of hydrogen-bond acceptors (Lipinski definition) is 8. The van der Waals surface area contributed by atoms with Gasteiger partial charge in [-0.3, -0.25) is 24.2 Å². The molecular formula is C34H40F3N5O7. The highest BCUT2D eigenvalue weighted by atomic mass is 19.4. The van der Waals surface area contributed by atoms with Gasteiger partial charge in [0.25, 0.3) is 5.91 Å². The molecule has 3 amide bonds. The molecule has 0 unspecified atom stereocenters. The number of aryl methyl sites for hydroxylation is 2. The van der Waals surface area contributed by atoms with Gasteiger partial charge in [-0.05, 0) is 69.7 Å². The van der Waals surface area contributed by atoms with E-state index in [0.717, 1.165) is 0 Å². The minimum absolute atomic E-state index is 0.0401. The lowest BCUT2D eigenvalue weighted by Crippen LogP contribution is -2.54. The first kappa shape index (κ1) is 36.9. The normalized spacial score (nSPS) is 16.1. The van der Waals surface area contributed by atoms with Crippen molar-refractivity contribution in [2.24, 2.45) is 11.8 Å². The number of carbonyl (C=O) groups excluding carboxylic acids is 5. The van der Waals surface area contributed by atoms with Crippen molar-refractivity contribution in [3.63, 3.8) is 0 Å². The van der Waals surface area contributed by atoms with Gasteiger partial charge in [0, 0.05) is 29.1 Å². The van der Waals surface area contributed by atoms with E-state index in [9.17, 15) is 37.1 Å².